The number of hydrogen-bond donors (Lipinski definition) is 3. The molecule has 0 aliphatic carbocycles. The van der Waals surface area contributed by atoms with Crippen LogP contribution >= 0.6 is 11.6 Å². The zero-order chi connectivity index (χ0) is 15.8. The number of carbonyl (C=O) groups excluding carboxylic acids is 1. The first-order chi connectivity index (χ1) is 10.6. The van der Waals surface area contributed by atoms with Crippen molar-refractivity contribution in [3.8, 4) is 0 Å². The van der Waals surface area contributed by atoms with Gasteiger partial charge in [-0.3, -0.25) is 0 Å². The van der Waals surface area contributed by atoms with Crippen molar-refractivity contribution >= 4 is 23.4 Å². The van der Waals surface area contributed by atoms with E-state index in [1.807, 2.05) is 43.3 Å². The average Bonchev–Trinajstić information content (AvgIpc) is 2.52. The molecule has 5 nitrogen and oxygen atoms in total. The maximum Gasteiger partial charge on any atom is 0.315 e. The third-order valence-corrected chi connectivity index (χ3v) is 3.31. The minimum Gasteiger partial charge on any atom is -0.368 e. The van der Waals surface area contributed by atoms with Crippen molar-refractivity contribution in [2.75, 3.05) is 18.4 Å². The van der Waals surface area contributed by atoms with Crippen LogP contribution in [-0.4, -0.2) is 24.1 Å². The molecule has 0 bridgehead atoms. The van der Waals surface area contributed by atoms with Crippen LogP contribution in [0.1, 0.15) is 18.5 Å². The molecule has 0 radical (unpaired) electrons. The number of anilines is 1. The molecule has 0 fully saturated rings. The molecule has 116 valence electrons. The van der Waals surface area contributed by atoms with Gasteiger partial charge in [0.2, 0.25) is 0 Å². The molecule has 2 rings (SSSR count). The SMILES string of the molecule is CC(NC(=O)NCCNc1ccccn1)c1cccc(Cl)c1. The Hall–Kier alpha value is -2.27. The molecule has 1 aromatic carbocycles. The van der Waals surface area contributed by atoms with Crippen LogP contribution in [0.2, 0.25) is 5.02 Å². The van der Waals surface area contributed by atoms with E-state index in [-0.39, 0.29) is 12.1 Å². The minimum absolute atomic E-state index is 0.109. The van der Waals surface area contributed by atoms with Gasteiger partial charge in [-0.2, -0.15) is 0 Å². The summed E-state index contributed by atoms with van der Waals surface area (Å²) in [6.45, 7) is 3.03. The quantitative estimate of drug-likeness (QED) is 0.717. The van der Waals surface area contributed by atoms with E-state index in [2.05, 4.69) is 20.9 Å². The fourth-order valence-corrected chi connectivity index (χ4v) is 2.14. The number of amides is 2. The van der Waals surface area contributed by atoms with E-state index in [0.717, 1.165) is 11.4 Å². The van der Waals surface area contributed by atoms with Crippen molar-refractivity contribution in [1.29, 1.82) is 0 Å². The molecular formula is C16H19ClN4O. The van der Waals surface area contributed by atoms with Gasteiger partial charge in [-0.05, 0) is 36.8 Å². The summed E-state index contributed by atoms with van der Waals surface area (Å²) in [7, 11) is 0. The summed E-state index contributed by atoms with van der Waals surface area (Å²) in [4.78, 5) is 16.0. The molecule has 1 unspecified atom stereocenters. The second-order valence-corrected chi connectivity index (χ2v) is 5.26. The van der Waals surface area contributed by atoms with Crippen LogP contribution in [0.15, 0.2) is 48.7 Å². The number of hydrogen-bond acceptors (Lipinski definition) is 3. The van der Waals surface area contributed by atoms with Crippen molar-refractivity contribution in [1.82, 2.24) is 15.6 Å². The lowest BCUT2D eigenvalue weighted by molar-refractivity contribution is 0.238. The van der Waals surface area contributed by atoms with Gasteiger partial charge >= 0.3 is 6.03 Å². The number of aromatic nitrogens is 1. The van der Waals surface area contributed by atoms with Crippen molar-refractivity contribution < 1.29 is 4.79 Å². The number of pyridine rings is 1. The average molecular weight is 319 g/mol. The monoisotopic (exact) mass is 318 g/mol. The van der Waals surface area contributed by atoms with E-state index in [1.54, 1.807) is 12.3 Å². The fraction of sp³-hybridized carbons (Fsp3) is 0.250. The van der Waals surface area contributed by atoms with Gasteiger partial charge < -0.3 is 16.0 Å². The number of carbonyl (C=O) groups is 1. The molecular weight excluding hydrogens is 300 g/mol. The van der Waals surface area contributed by atoms with Crippen LogP contribution in [0.3, 0.4) is 0 Å². The third-order valence-electron chi connectivity index (χ3n) is 3.08. The Balaban J connectivity index is 1.69. The molecule has 22 heavy (non-hydrogen) atoms. The van der Waals surface area contributed by atoms with Gasteiger partial charge in [0.1, 0.15) is 5.82 Å². The highest BCUT2D eigenvalue weighted by Crippen LogP contribution is 2.16. The predicted molar refractivity (Wildman–Crippen MR) is 89.1 cm³/mol. The van der Waals surface area contributed by atoms with E-state index in [0.29, 0.717) is 18.1 Å². The number of benzene rings is 1. The topological polar surface area (TPSA) is 66.1 Å². The van der Waals surface area contributed by atoms with E-state index in [4.69, 9.17) is 11.6 Å². The summed E-state index contributed by atoms with van der Waals surface area (Å²) in [5.74, 6) is 0.789. The number of halogens is 1. The van der Waals surface area contributed by atoms with Gasteiger partial charge in [-0.1, -0.05) is 29.8 Å². The Morgan fingerprint density at radius 2 is 2.09 bits per heavy atom. The van der Waals surface area contributed by atoms with Crippen molar-refractivity contribution in [2.45, 2.75) is 13.0 Å². The number of nitrogens with zero attached hydrogens (tertiary/aromatic N) is 1. The standard InChI is InChI=1S/C16H19ClN4O/c1-12(13-5-4-6-14(17)11-13)21-16(22)20-10-9-19-15-7-2-3-8-18-15/h2-8,11-12H,9-10H2,1H3,(H,18,19)(H2,20,21,22). The second-order valence-electron chi connectivity index (χ2n) is 4.82. The molecule has 0 aliphatic heterocycles. The maximum atomic E-state index is 11.8. The van der Waals surface area contributed by atoms with Crippen LogP contribution in [-0.2, 0) is 0 Å². The number of urea groups is 1. The first-order valence-electron chi connectivity index (χ1n) is 7.10. The summed E-state index contributed by atoms with van der Waals surface area (Å²) in [6.07, 6.45) is 1.72. The fourth-order valence-electron chi connectivity index (χ4n) is 1.94. The van der Waals surface area contributed by atoms with Crippen LogP contribution in [0.4, 0.5) is 10.6 Å². The van der Waals surface area contributed by atoms with E-state index < -0.39 is 0 Å². The third kappa shape index (κ3) is 5.26. The van der Waals surface area contributed by atoms with Gasteiger partial charge in [0.25, 0.3) is 0 Å². The predicted octanol–water partition coefficient (Wildman–Crippen LogP) is 3.21. The summed E-state index contributed by atoms with van der Waals surface area (Å²) in [5, 5.41) is 9.44. The van der Waals surface area contributed by atoms with E-state index >= 15 is 0 Å². The van der Waals surface area contributed by atoms with Gasteiger partial charge in [0.15, 0.2) is 0 Å². The largest absolute Gasteiger partial charge is 0.368 e. The highest BCUT2D eigenvalue weighted by molar-refractivity contribution is 6.30. The first-order valence-corrected chi connectivity index (χ1v) is 7.47. The molecule has 0 spiro atoms. The first kappa shape index (κ1) is 16.1. The van der Waals surface area contributed by atoms with E-state index in [1.165, 1.54) is 0 Å². The minimum atomic E-state index is -0.213. The van der Waals surface area contributed by atoms with Gasteiger partial charge in [-0.15, -0.1) is 0 Å². The Kier molecular flexibility index (Phi) is 6.03. The second kappa shape index (κ2) is 8.24. The van der Waals surface area contributed by atoms with E-state index in [9.17, 15) is 4.79 Å². The lowest BCUT2D eigenvalue weighted by Gasteiger charge is -2.15. The van der Waals surface area contributed by atoms with Crippen molar-refractivity contribution in [3.05, 3.63) is 59.2 Å². The Labute approximate surface area is 135 Å². The van der Waals surface area contributed by atoms with Crippen molar-refractivity contribution in [2.24, 2.45) is 0 Å². The summed E-state index contributed by atoms with van der Waals surface area (Å²) in [6, 6.07) is 12.8. The molecule has 0 saturated carbocycles. The van der Waals surface area contributed by atoms with Gasteiger partial charge in [0, 0.05) is 24.3 Å². The van der Waals surface area contributed by atoms with Crippen LogP contribution in [0.5, 0.6) is 0 Å². The Morgan fingerprint density at radius 3 is 2.82 bits per heavy atom. The zero-order valence-corrected chi connectivity index (χ0v) is 13.1. The van der Waals surface area contributed by atoms with Crippen LogP contribution in [0, 0.1) is 0 Å². The van der Waals surface area contributed by atoms with Gasteiger partial charge in [0.05, 0.1) is 6.04 Å². The molecule has 2 amide bonds. The highest BCUT2D eigenvalue weighted by atomic mass is 35.5. The molecule has 1 atom stereocenters. The van der Waals surface area contributed by atoms with Crippen LogP contribution in [0.25, 0.3) is 0 Å². The molecule has 0 saturated heterocycles. The number of nitrogens with one attached hydrogen (secondary N) is 3. The molecule has 0 aliphatic rings. The lowest BCUT2D eigenvalue weighted by atomic mass is 10.1. The summed E-state index contributed by atoms with van der Waals surface area (Å²) >= 11 is 5.94. The normalized spacial score (nSPS) is 11.5. The molecule has 1 heterocycles. The molecule has 2 aromatic rings. The molecule has 6 heteroatoms. The Bertz CT molecular complexity index is 606. The smallest absolute Gasteiger partial charge is 0.315 e. The zero-order valence-electron chi connectivity index (χ0n) is 12.3. The summed E-state index contributed by atoms with van der Waals surface area (Å²) < 4.78 is 0. The Morgan fingerprint density at radius 1 is 1.23 bits per heavy atom. The molecule has 3 N–H and O–H groups in total. The highest BCUT2D eigenvalue weighted by Gasteiger charge is 2.09. The van der Waals surface area contributed by atoms with Crippen LogP contribution < -0.4 is 16.0 Å². The van der Waals surface area contributed by atoms with Gasteiger partial charge in [-0.25, -0.2) is 9.78 Å². The maximum absolute atomic E-state index is 11.8. The molecule has 1 aromatic heterocycles. The summed E-state index contributed by atoms with van der Waals surface area (Å²) in [5.41, 5.74) is 0.967. The van der Waals surface area contributed by atoms with Crippen molar-refractivity contribution in [3.63, 3.8) is 0 Å². The number of rotatable bonds is 6. The lowest BCUT2D eigenvalue weighted by Crippen LogP contribution is -2.39.